The monoisotopic (exact) mass is 559 g/mol. The molecule has 10 heteroatoms. The fourth-order valence-electron chi connectivity index (χ4n) is 3.39. The summed E-state index contributed by atoms with van der Waals surface area (Å²) in [5.74, 6) is -0.503. The van der Waals surface area contributed by atoms with E-state index >= 15 is 0 Å². The van der Waals surface area contributed by atoms with E-state index in [1.165, 1.54) is 23.9 Å². The normalized spacial score (nSPS) is 11.8. The number of hydrogen-bond donors (Lipinski definition) is 2. The van der Waals surface area contributed by atoms with Crippen molar-refractivity contribution < 1.29 is 14.0 Å². The van der Waals surface area contributed by atoms with E-state index in [4.69, 9.17) is 0 Å². The van der Waals surface area contributed by atoms with Gasteiger partial charge in [0, 0.05) is 16.6 Å². The molecule has 1 heterocycles. The Morgan fingerprint density at radius 1 is 1.23 bits per heavy atom. The summed E-state index contributed by atoms with van der Waals surface area (Å²) in [6.45, 7) is 10.1. The van der Waals surface area contributed by atoms with E-state index in [1.807, 2.05) is 43.5 Å². The average Bonchev–Trinajstić information content (AvgIpc) is 3.20. The molecule has 0 aliphatic heterocycles. The van der Waals surface area contributed by atoms with Gasteiger partial charge in [0.1, 0.15) is 5.82 Å². The third kappa shape index (κ3) is 7.02. The number of rotatable bonds is 10. The quantitative estimate of drug-likeness (QED) is 0.252. The maximum atomic E-state index is 14.0. The average molecular weight is 560 g/mol. The van der Waals surface area contributed by atoms with Crippen LogP contribution in [0.25, 0.3) is 0 Å². The van der Waals surface area contributed by atoms with Gasteiger partial charge in [-0.3, -0.25) is 9.59 Å². The van der Waals surface area contributed by atoms with E-state index < -0.39 is 11.9 Å². The first-order chi connectivity index (χ1) is 16.7. The third-order valence-corrected chi connectivity index (χ3v) is 6.57. The van der Waals surface area contributed by atoms with Crippen LogP contribution in [0.15, 0.2) is 64.7 Å². The van der Waals surface area contributed by atoms with Crippen molar-refractivity contribution >= 4 is 45.2 Å². The molecular weight excluding hydrogens is 533 g/mol. The van der Waals surface area contributed by atoms with E-state index in [1.54, 1.807) is 18.2 Å². The van der Waals surface area contributed by atoms with Gasteiger partial charge in [0.25, 0.3) is 5.91 Å². The standard InChI is InChI=1S/C25H27BrFN5O2S/c1-5-11-32-23(22(15(2)3)29-24(34)17-8-6-7-16(4)12-17)30-31-25(32)35-14-21(33)28-20-10-9-18(26)13-19(20)27/h5-10,12-13,15,22H,1,11,14H2,2-4H3,(H,28,33)(H,29,34)/t22-/m0/s1. The fraction of sp³-hybridized carbons (Fsp3) is 0.280. The highest BCUT2D eigenvalue weighted by Gasteiger charge is 2.26. The highest BCUT2D eigenvalue weighted by Crippen LogP contribution is 2.26. The summed E-state index contributed by atoms with van der Waals surface area (Å²) in [6, 6.07) is 11.4. The Hall–Kier alpha value is -2.98. The molecule has 0 aliphatic rings. The summed E-state index contributed by atoms with van der Waals surface area (Å²) >= 11 is 4.37. The predicted molar refractivity (Wildman–Crippen MR) is 140 cm³/mol. The number of carbonyl (C=O) groups is 2. The van der Waals surface area contributed by atoms with Gasteiger partial charge in [0.15, 0.2) is 11.0 Å². The van der Waals surface area contributed by atoms with Crippen molar-refractivity contribution in [2.24, 2.45) is 5.92 Å². The third-order valence-electron chi connectivity index (χ3n) is 5.11. The molecule has 2 amide bonds. The molecule has 7 nitrogen and oxygen atoms in total. The fourth-order valence-corrected chi connectivity index (χ4v) is 4.47. The second-order valence-corrected chi connectivity index (χ2v) is 10.1. The van der Waals surface area contributed by atoms with Crippen molar-refractivity contribution in [3.63, 3.8) is 0 Å². The molecule has 0 spiro atoms. The number of thioether (sulfide) groups is 1. The number of allylic oxidation sites excluding steroid dienone is 1. The topological polar surface area (TPSA) is 88.9 Å². The predicted octanol–water partition coefficient (Wildman–Crippen LogP) is 5.53. The molecule has 0 saturated heterocycles. The van der Waals surface area contributed by atoms with Gasteiger partial charge < -0.3 is 15.2 Å². The van der Waals surface area contributed by atoms with Gasteiger partial charge >= 0.3 is 0 Å². The maximum Gasteiger partial charge on any atom is 0.251 e. The number of halogens is 2. The van der Waals surface area contributed by atoms with Gasteiger partial charge in [-0.25, -0.2) is 4.39 Å². The van der Waals surface area contributed by atoms with Crippen LogP contribution in [0.3, 0.4) is 0 Å². The minimum absolute atomic E-state index is 0.00672. The number of hydrogen-bond acceptors (Lipinski definition) is 5. The summed E-state index contributed by atoms with van der Waals surface area (Å²) < 4.78 is 16.4. The lowest BCUT2D eigenvalue weighted by molar-refractivity contribution is -0.113. The number of nitrogens with one attached hydrogen (secondary N) is 2. The molecule has 2 N–H and O–H groups in total. The molecule has 1 aromatic heterocycles. The van der Waals surface area contributed by atoms with Crippen LogP contribution in [0.5, 0.6) is 0 Å². The minimum Gasteiger partial charge on any atom is -0.342 e. The summed E-state index contributed by atoms with van der Waals surface area (Å²) in [6.07, 6.45) is 1.70. The zero-order valence-electron chi connectivity index (χ0n) is 19.7. The largest absolute Gasteiger partial charge is 0.342 e. The highest BCUT2D eigenvalue weighted by molar-refractivity contribution is 9.10. The lowest BCUT2D eigenvalue weighted by Gasteiger charge is -2.22. The Kier molecular flexibility index (Phi) is 9.22. The molecular formula is C25H27BrFN5O2S. The van der Waals surface area contributed by atoms with Crippen LogP contribution in [0.1, 0.15) is 41.6 Å². The summed E-state index contributed by atoms with van der Waals surface area (Å²) in [4.78, 5) is 25.3. The summed E-state index contributed by atoms with van der Waals surface area (Å²) in [5.41, 5.74) is 1.66. The molecule has 3 aromatic rings. The second-order valence-electron chi connectivity index (χ2n) is 8.27. The maximum absolute atomic E-state index is 14.0. The molecule has 3 rings (SSSR count). The molecule has 2 aromatic carbocycles. The Labute approximate surface area is 216 Å². The van der Waals surface area contributed by atoms with Crippen molar-refractivity contribution in [3.8, 4) is 0 Å². The molecule has 0 radical (unpaired) electrons. The van der Waals surface area contributed by atoms with Gasteiger partial charge in [-0.1, -0.05) is 65.3 Å². The molecule has 35 heavy (non-hydrogen) atoms. The highest BCUT2D eigenvalue weighted by atomic mass is 79.9. The van der Waals surface area contributed by atoms with Crippen molar-refractivity contribution in [2.45, 2.75) is 38.5 Å². The van der Waals surface area contributed by atoms with Crippen molar-refractivity contribution in [3.05, 3.63) is 82.4 Å². The zero-order valence-corrected chi connectivity index (χ0v) is 22.1. The SMILES string of the molecule is C=CCn1c(SCC(=O)Nc2ccc(Br)cc2F)nnc1[C@@H](NC(=O)c1cccc(C)c1)C(C)C. The number of amides is 2. The Morgan fingerprint density at radius 3 is 2.66 bits per heavy atom. The van der Waals surface area contributed by atoms with Crippen LogP contribution in [-0.4, -0.2) is 32.3 Å². The van der Waals surface area contributed by atoms with Gasteiger partial charge in [-0.05, 0) is 43.2 Å². The first-order valence-corrected chi connectivity index (χ1v) is 12.8. The van der Waals surface area contributed by atoms with E-state index in [9.17, 15) is 14.0 Å². The van der Waals surface area contributed by atoms with Gasteiger partial charge in [-0.2, -0.15) is 0 Å². The second kappa shape index (κ2) is 12.1. The molecule has 0 aliphatic carbocycles. The minimum atomic E-state index is -0.529. The van der Waals surface area contributed by atoms with E-state index in [2.05, 4.69) is 43.3 Å². The van der Waals surface area contributed by atoms with Crippen molar-refractivity contribution in [1.29, 1.82) is 0 Å². The number of aryl methyl sites for hydroxylation is 1. The molecule has 0 saturated carbocycles. The van der Waals surface area contributed by atoms with Gasteiger partial charge in [0.2, 0.25) is 5.91 Å². The van der Waals surface area contributed by atoms with Gasteiger partial charge in [0.05, 0.1) is 17.5 Å². The van der Waals surface area contributed by atoms with Crippen LogP contribution >= 0.6 is 27.7 Å². The molecule has 0 fully saturated rings. The lowest BCUT2D eigenvalue weighted by atomic mass is 10.0. The van der Waals surface area contributed by atoms with E-state index in [-0.39, 0.29) is 29.2 Å². The molecule has 1 atom stereocenters. The Bertz CT molecular complexity index is 1230. The van der Waals surface area contributed by atoms with E-state index in [0.717, 1.165) is 5.56 Å². The van der Waals surface area contributed by atoms with E-state index in [0.29, 0.717) is 27.6 Å². The Morgan fingerprint density at radius 2 is 2.00 bits per heavy atom. The number of aromatic nitrogens is 3. The molecule has 184 valence electrons. The van der Waals surface area contributed by atoms with Crippen molar-refractivity contribution in [2.75, 3.05) is 11.1 Å². The number of anilines is 1. The van der Waals surface area contributed by atoms with Crippen LogP contribution in [0.4, 0.5) is 10.1 Å². The first-order valence-electron chi connectivity index (χ1n) is 11.0. The van der Waals surface area contributed by atoms with Crippen LogP contribution in [0, 0.1) is 18.7 Å². The first kappa shape index (κ1) is 26.6. The smallest absolute Gasteiger partial charge is 0.251 e. The zero-order chi connectivity index (χ0) is 25.5. The number of benzene rings is 2. The van der Waals surface area contributed by atoms with Crippen LogP contribution in [0.2, 0.25) is 0 Å². The van der Waals surface area contributed by atoms with Crippen LogP contribution < -0.4 is 10.6 Å². The molecule has 0 bridgehead atoms. The van der Waals surface area contributed by atoms with Crippen molar-refractivity contribution in [1.82, 2.24) is 20.1 Å². The van der Waals surface area contributed by atoms with Gasteiger partial charge in [-0.15, -0.1) is 16.8 Å². The Balaban J connectivity index is 1.75. The lowest BCUT2D eigenvalue weighted by Crippen LogP contribution is -2.34. The molecule has 0 unspecified atom stereocenters. The summed E-state index contributed by atoms with van der Waals surface area (Å²) in [7, 11) is 0. The summed E-state index contributed by atoms with van der Waals surface area (Å²) in [5, 5.41) is 14.7. The number of nitrogens with zero attached hydrogens (tertiary/aromatic N) is 3. The number of carbonyl (C=O) groups excluding carboxylic acids is 2. The van der Waals surface area contributed by atoms with Crippen LogP contribution in [-0.2, 0) is 11.3 Å².